The van der Waals surface area contributed by atoms with E-state index in [1.165, 1.54) is 35.2 Å². The van der Waals surface area contributed by atoms with E-state index in [4.69, 9.17) is 0 Å². The zero-order valence-electron chi connectivity index (χ0n) is 15.8. The standard InChI is InChI=1S/C21H18FN3OS3/c1-13(28-21-24-17(12-27-21)14-7-9-15(22)10-8-14)20(26)25(2)11-19-23-16-5-3-4-6-18(16)29-19/h3-10,12-13H,11H2,1-2H3. The quantitative estimate of drug-likeness (QED) is 0.359. The molecule has 2 aromatic heterocycles. The number of halogens is 1. The Morgan fingerprint density at radius 3 is 2.69 bits per heavy atom. The van der Waals surface area contributed by atoms with Crippen molar-refractivity contribution in [1.82, 2.24) is 14.9 Å². The van der Waals surface area contributed by atoms with Crippen LogP contribution in [0.15, 0.2) is 58.3 Å². The zero-order valence-corrected chi connectivity index (χ0v) is 18.3. The van der Waals surface area contributed by atoms with Crippen LogP contribution in [0.4, 0.5) is 4.39 Å². The Hall–Kier alpha value is -2.29. The summed E-state index contributed by atoms with van der Waals surface area (Å²) in [6.45, 7) is 2.38. The lowest BCUT2D eigenvalue weighted by atomic mass is 10.2. The van der Waals surface area contributed by atoms with Crippen molar-refractivity contribution < 1.29 is 9.18 Å². The molecule has 0 N–H and O–H groups in total. The maximum atomic E-state index is 13.1. The normalized spacial score (nSPS) is 12.2. The molecule has 0 saturated carbocycles. The van der Waals surface area contributed by atoms with Crippen molar-refractivity contribution in [3.05, 3.63) is 64.7 Å². The number of rotatable bonds is 6. The lowest BCUT2D eigenvalue weighted by Gasteiger charge is -2.19. The first kappa shape index (κ1) is 20.0. The highest BCUT2D eigenvalue weighted by molar-refractivity contribution is 8.02. The molecule has 1 unspecified atom stereocenters. The molecule has 0 bridgehead atoms. The molecule has 1 atom stereocenters. The predicted molar refractivity (Wildman–Crippen MR) is 119 cm³/mol. The Morgan fingerprint density at radius 2 is 1.93 bits per heavy atom. The first-order valence-corrected chi connectivity index (χ1v) is 11.5. The molecule has 148 valence electrons. The molecule has 4 aromatic rings. The fourth-order valence-electron chi connectivity index (χ4n) is 2.85. The Labute approximate surface area is 180 Å². The Balaban J connectivity index is 1.39. The lowest BCUT2D eigenvalue weighted by Crippen LogP contribution is -2.32. The van der Waals surface area contributed by atoms with Crippen LogP contribution in [0.3, 0.4) is 0 Å². The van der Waals surface area contributed by atoms with E-state index in [-0.39, 0.29) is 17.0 Å². The van der Waals surface area contributed by atoms with Gasteiger partial charge in [0.05, 0.1) is 27.7 Å². The van der Waals surface area contributed by atoms with E-state index in [2.05, 4.69) is 9.97 Å². The number of benzene rings is 2. The minimum atomic E-state index is -0.269. The maximum absolute atomic E-state index is 13.1. The van der Waals surface area contributed by atoms with Crippen LogP contribution in [0, 0.1) is 5.82 Å². The summed E-state index contributed by atoms with van der Waals surface area (Å²) in [6.07, 6.45) is 0. The van der Waals surface area contributed by atoms with Crippen LogP contribution in [0.1, 0.15) is 11.9 Å². The maximum Gasteiger partial charge on any atom is 0.235 e. The van der Waals surface area contributed by atoms with Gasteiger partial charge in [-0.2, -0.15) is 0 Å². The topological polar surface area (TPSA) is 46.1 Å². The monoisotopic (exact) mass is 443 g/mol. The van der Waals surface area contributed by atoms with Gasteiger partial charge in [-0.1, -0.05) is 23.9 Å². The molecule has 0 fully saturated rings. The molecule has 2 aromatic carbocycles. The summed E-state index contributed by atoms with van der Waals surface area (Å²) in [5.74, 6) is -0.234. The van der Waals surface area contributed by atoms with Gasteiger partial charge in [-0.25, -0.2) is 14.4 Å². The van der Waals surface area contributed by atoms with E-state index in [1.54, 1.807) is 35.4 Å². The van der Waals surface area contributed by atoms with Gasteiger partial charge in [-0.3, -0.25) is 4.79 Å². The summed E-state index contributed by atoms with van der Waals surface area (Å²) >= 11 is 4.54. The van der Waals surface area contributed by atoms with E-state index in [1.807, 2.05) is 36.6 Å². The largest absolute Gasteiger partial charge is 0.338 e. The molecule has 2 heterocycles. The lowest BCUT2D eigenvalue weighted by molar-refractivity contribution is -0.129. The van der Waals surface area contributed by atoms with Crippen molar-refractivity contribution in [3.63, 3.8) is 0 Å². The first-order valence-electron chi connectivity index (χ1n) is 8.97. The molecule has 0 aliphatic heterocycles. The van der Waals surface area contributed by atoms with Crippen LogP contribution in [0.5, 0.6) is 0 Å². The van der Waals surface area contributed by atoms with Crippen LogP contribution < -0.4 is 0 Å². The second-order valence-electron chi connectivity index (χ2n) is 6.54. The Morgan fingerprint density at radius 1 is 1.17 bits per heavy atom. The number of hydrogen-bond donors (Lipinski definition) is 0. The number of carbonyl (C=O) groups is 1. The van der Waals surface area contributed by atoms with Crippen molar-refractivity contribution >= 4 is 50.6 Å². The summed E-state index contributed by atoms with van der Waals surface area (Å²) in [7, 11) is 1.80. The summed E-state index contributed by atoms with van der Waals surface area (Å²) in [4.78, 5) is 23.7. The van der Waals surface area contributed by atoms with Gasteiger partial charge in [0.1, 0.15) is 10.8 Å². The second-order valence-corrected chi connectivity index (χ2v) is 10.1. The Kier molecular flexibility index (Phi) is 5.94. The minimum absolute atomic E-state index is 0.0350. The van der Waals surface area contributed by atoms with E-state index in [0.717, 1.165) is 30.8 Å². The first-order chi connectivity index (χ1) is 14.0. The van der Waals surface area contributed by atoms with Crippen molar-refractivity contribution in [3.8, 4) is 11.3 Å². The van der Waals surface area contributed by atoms with Crippen LogP contribution in [0.25, 0.3) is 21.5 Å². The fourth-order valence-corrected chi connectivity index (χ4v) is 5.95. The molecular weight excluding hydrogens is 425 g/mol. The second kappa shape index (κ2) is 8.61. The molecule has 29 heavy (non-hydrogen) atoms. The molecule has 4 rings (SSSR count). The van der Waals surface area contributed by atoms with Crippen molar-refractivity contribution in [2.45, 2.75) is 23.1 Å². The zero-order chi connectivity index (χ0) is 20.4. The molecule has 4 nitrogen and oxygen atoms in total. The molecule has 0 saturated heterocycles. The van der Waals surface area contributed by atoms with Gasteiger partial charge in [0.2, 0.25) is 5.91 Å². The van der Waals surface area contributed by atoms with Crippen molar-refractivity contribution in [1.29, 1.82) is 0 Å². The summed E-state index contributed by atoms with van der Waals surface area (Å²) in [5, 5.41) is 2.59. The van der Waals surface area contributed by atoms with Crippen molar-refractivity contribution in [2.75, 3.05) is 7.05 Å². The highest BCUT2D eigenvalue weighted by Crippen LogP contribution is 2.32. The Bertz CT molecular complexity index is 1110. The summed E-state index contributed by atoms with van der Waals surface area (Å²) in [6, 6.07) is 14.2. The SMILES string of the molecule is CC(Sc1nc(-c2ccc(F)cc2)cs1)C(=O)N(C)Cc1nc2ccccc2s1. The van der Waals surface area contributed by atoms with Crippen LogP contribution in [-0.2, 0) is 11.3 Å². The number of thioether (sulfide) groups is 1. The highest BCUT2D eigenvalue weighted by atomic mass is 32.2. The van der Waals surface area contributed by atoms with Crippen molar-refractivity contribution in [2.24, 2.45) is 0 Å². The molecule has 0 spiro atoms. The van der Waals surface area contributed by atoms with Gasteiger partial charge >= 0.3 is 0 Å². The number of aromatic nitrogens is 2. The van der Waals surface area contributed by atoms with Gasteiger partial charge < -0.3 is 4.90 Å². The van der Waals surface area contributed by atoms with Gasteiger partial charge in [-0.05, 0) is 43.3 Å². The van der Waals surface area contributed by atoms with Crippen LogP contribution in [0.2, 0.25) is 0 Å². The summed E-state index contributed by atoms with van der Waals surface area (Å²) < 4.78 is 15.0. The van der Waals surface area contributed by atoms with E-state index >= 15 is 0 Å². The fraction of sp³-hybridized carbons (Fsp3) is 0.190. The van der Waals surface area contributed by atoms with E-state index in [9.17, 15) is 9.18 Å². The molecule has 1 amide bonds. The summed E-state index contributed by atoms with van der Waals surface area (Å²) in [5.41, 5.74) is 2.62. The highest BCUT2D eigenvalue weighted by Gasteiger charge is 2.21. The number of amides is 1. The molecule has 8 heteroatoms. The minimum Gasteiger partial charge on any atom is -0.338 e. The van der Waals surface area contributed by atoms with Crippen LogP contribution >= 0.6 is 34.4 Å². The third kappa shape index (κ3) is 4.66. The number of para-hydroxylation sites is 1. The van der Waals surface area contributed by atoms with Gasteiger partial charge in [0, 0.05) is 18.0 Å². The van der Waals surface area contributed by atoms with E-state index < -0.39 is 0 Å². The number of fused-ring (bicyclic) bond motifs is 1. The smallest absolute Gasteiger partial charge is 0.235 e. The number of thiazole rings is 2. The van der Waals surface area contributed by atoms with Gasteiger partial charge in [0.15, 0.2) is 4.34 Å². The molecular formula is C21H18FN3OS3. The molecule has 0 aliphatic carbocycles. The number of carbonyl (C=O) groups excluding carboxylic acids is 1. The van der Waals surface area contributed by atoms with Gasteiger partial charge in [-0.15, -0.1) is 22.7 Å². The third-order valence-electron chi connectivity index (χ3n) is 4.34. The molecule has 0 radical (unpaired) electrons. The average molecular weight is 444 g/mol. The van der Waals surface area contributed by atoms with E-state index in [0.29, 0.717) is 6.54 Å². The van der Waals surface area contributed by atoms with Gasteiger partial charge in [0.25, 0.3) is 0 Å². The number of hydrogen-bond acceptors (Lipinski definition) is 6. The van der Waals surface area contributed by atoms with Crippen LogP contribution in [-0.4, -0.2) is 33.1 Å². The number of nitrogens with zero attached hydrogens (tertiary/aromatic N) is 3. The third-order valence-corrected chi connectivity index (χ3v) is 7.42. The average Bonchev–Trinajstić information content (AvgIpc) is 3.34. The predicted octanol–water partition coefficient (Wildman–Crippen LogP) is 5.70. The molecule has 0 aliphatic rings.